The highest BCUT2D eigenvalue weighted by molar-refractivity contribution is 8.01. The number of rotatable bonds is 16. The minimum atomic E-state index is -1.11. The summed E-state index contributed by atoms with van der Waals surface area (Å²) in [4.78, 5) is 42.9. The van der Waals surface area contributed by atoms with E-state index in [-0.39, 0.29) is 11.5 Å². The molecule has 7 nitrogen and oxygen atoms in total. The number of thiophene rings is 1. The highest BCUT2D eigenvalue weighted by Crippen LogP contribution is 2.51. The zero-order chi connectivity index (χ0) is 41.0. The molecule has 0 bridgehead atoms. The number of benzene rings is 5. The molecular formula is C48H48N2O5S3. The van der Waals surface area contributed by atoms with Gasteiger partial charge in [-0.15, -0.1) is 34.9 Å². The quantitative estimate of drug-likeness (QED) is 0.0741. The van der Waals surface area contributed by atoms with Gasteiger partial charge in [-0.2, -0.15) is 0 Å². The van der Waals surface area contributed by atoms with Gasteiger partial charge in [0, 0.05) is 16.4 Å². The first kappa shape index (κ1) is 42.3. The van der Waals surface area contributed by atoms with Crippen molar-refractivity contribution in [1.29, 1.82) is 0 Å². The largest absolute Gasteiger partial charge is 0.467 e. The Hall–Kier alpha value is -5.29. The molecule has 2 amide bonds. The molecule has 10 heteroatoms. The van der Waals surface area contributed by atoms with Crippen LogP contribution in [-0.2, 0) is 28.6 Å². The number of carbonyl (C=O) groups excluding carboxylic acids is 3. The fourth-order valence-electron chi connectivity index (χ4n) is 6.91. The van der Waals surface area contributed by atoms with Crippen molar-refractivity contribution >= 4 is 52.8 Å². The molecule has 0 radical (unpaired) electrons. The van der Waals surface area contributed by atoms with Crippen LogP contribution in [0.5, 0.6) is 0 Å². The third-order valence-electron chi connectivity index (χ3n) is 9.51. The van der Waals surface area contributed by atoms with E-state index in [1.54, 1.807) is 32.1 Å². The van der Waals surface area contributed by atoms with E-state index in [4.69, 9.17) is 9.47 Å². The molecule has 6 aromatic rings. The third-order valence-corrected chi connectivity index (χ3v) is 13.9. The lowest BCUT2D eigenvalue weighted by molar-refractivity contribution is -0.144. The molecule has 2 atom stereocenters. The van der Waals surface area contributed by atoms with Gasteiger partial charge in [-0.25, -0.2) is 9.59 Å². The summed E-state index contributed by atoms with van der Waals surface area (Å²) in [5, 5.41) is 7.90. The second kappa shape index (κ2) is 19.4. The number of esters is 1. The first-order valence-corrected chi connectivity index (χ1v) is 21.9. The van der Waals surface area contributed by atoms with Gasteiger partial charge in [0.25, 0.3) is 0 Å². The average Bonchev–Trinajstić information content (AvgIpc) is 3.80. The molecule has 0 aliphatic rings. The van der Waals surface area contributed by atoms with Crippen LogP contribution in [0.1, 0.15) is 53.5 Å². The summed E-state index contributed by atoms with van der Waals surface area (Å²) in [6, 6.07) is 52.6. The Bertz CT molecular complexity index is 2060. The molecule has 0 unspecified atom stereocenters. The summed E-state index contributed by atoms with van der Waals surface area (Å²) < 4.78 is 9.50. The van der Waals surface area contributed by atoms with Gasteiger partial charge in [0.15, 0.2) is 0 Å². The highest BCUT2D eigenvalue weighted by atomic mass is 32.2. The standard InChI is InChI=1S/C48H48N2O5S3/c1-46(2,3)55-45(53)50-40(33-58-48(42-31-20-32-56-42,38-27-16-8-17-28-38)39-29-18-9-19-30-39)43(51)49-41(44(52)54-4)34-57-47(35-21-10-5-11-22-35,36-23-12-6-13-24-36)37-25-14-7-15-26-37/h5-32,40-41H,33-34H2,1-4H3,(H,49,51)(H,50,53)/t40-,41+/m0/s1. The van der Waals surface area contributed by atoms with Gasteiger partial charge in [-0.3, -0.25) is 4.79 Å². The van der Waals surface area contributed by atoms with Crippen LogP contribution in [0.4, 0.5) is 4.79 Å². The summed E-state index contributed by atoms with van der Waals surface area (Å²) in [7, 11) is 1.31. The van der Waals surface area contributed by atoms with Crippen molar-refractivity contribution in [2.75, 3.05) is 18.6 Å². The molecule has 5 aromatic carbocycles. The van der Waals surface area contributed by atoms with Gasteiger partial charge in [0.2, 0.25) is 5.91 Å². The Morgan fingerprint density at radius 1 is 0.552 bits per heavy atom. The Morgan fingerprint density at radius 3 is 1.33 bits per heavy atom. The third kappa shape index (κ3) is 9.86. The Morgan fingerprint density at radius 2 is 0.948 bits per heavy atom. The van der Waals surface area contributed by atoms with Crippen molar-refractivity contribution < 1.29 is 23.9 Å². The molecule has 1 heterocycles. The van der Waals surface area contributed by atoms with Crippen LogP contribution in [0.15, 0.2) is 169 Å². The number of amides is 2. The summed E-state index contributed by atoms with van der Waals surface area (Å²) >= 11 is 4.70. The number of alkyl carbamates (subject to hydrolysis) is 1. The van der Waals surface area contributed by atoms with E-state index in [1.807, 2.05) is 102 Å². The molecule has 0 aliphatic carbocycles. The lowest BCUT2D eigenvalue weighted by Gasteiger charge is -2.37. The molecule has 2 N–H and O–H groups in total. The van der Waals surface area contributed by atoms with Gasteiger partial charge in [0.1, 0.15) is 17.7 Å². The molecule has 6 rings (SSSR count). The predicted octanol–water partition coefficient (Wildman–Crippen LogP) is 10.0. The fraction of sp³-hybridized carbons (Fsp3) is 0.229. The van der Waals surface area contributed by atoms with E-state index in [9.17, 15) is 14.4 Å². The molecular weight excluding hydrogens is 781 g/mol. The van der Waals surface area contributed by atoms with Crippen LogP contribution >= 0.6 is 34.9 Å². The van der Waals surface area contributed by atoms with Crippen molar-refractivity contribution in [3.05, 3.63) is 202 Å². The first-order valence-electron chi connectivity index (χ1n) is 19.0. The lowest BCUT2D eigenvalue weighted by atomic mass is 9.84. The van der Waals surface area contributed by atoms with Crippen LogP contribution in [0.2, 0.25) is 0 Å². The average molecular weight is 829 g/mol. The zero-order valence-corrected chi connectivity index (χ0v) is 35.5. The van der Waals surface area contributed by atoms with E-state index >= 15 is 0 Å². The molecule has 0 saturated carbocycles. The van der Waals surface area contributed by atoms with E-state index < -0.39 is 45.1 Å². The van der Waals surface area contributed by atoms with Gasteiger partial charge >= 0.3 is 12.1 Å². The zero-order valence-electron chi connectivity index (χ0n) is 33.0. The van der Waals surface area contributed by atoms with Gasteiger partial charge in [-0.05, 0) is 60.0 Å². The van der Waals surface area contributed by atoms with Crippen molar-refractivity contribution in [3.8, 4) is 0 Å². The van der Waals surface area contributed by atoms with E-state index in [0.29, 0.717) is 0 Å². The Labute approximate surface area is 354 Å². The number of methoxy groups -OCH3 is 1. The van der Waals surface area contributed by atoms with Crippen LogP contribution in [0.25, 0.3) is 0 Å². The highest BCUT2D eigenvalue weighted by Gasteiger charge is 2.42. The number of nitrogens with one attached hydrogen (secondary N) is 2. The molecule has 0 fully saturated rings. The maximum atomic E-state index is 14.7. The van der Waals surface area contributed by atoms with E-state index in [2.05, 4.69) is 77.4 Å². The topological polar surface area (TPSA) is 93.7 Å². The lowest BCUT2D eigenvalue weighted by Crippen LogP contribution is -2.54. The van der Waals surface area contributed by atoms with E-state index in [1.165, 1.54) is 30.6 Å². The number of carbonyl (C=O) groups is 3. The van der Waals surface area contributed by atoms with Crippen LogP contribution < -0.4 is 10.6 Å². The van der Waals surface area contributed by atoms with Gasteiger partial charge < -0.3 is 20.1 Å². The molecule has 0 spiro atoms. The molecule has 298 valence electrons. The van der Waals surface area contributed by atoms with Crippen molar-refractivity contribution in [2.45, 2.75) is 47.9 Å². The van der Waals surface area contributed by atoms with Crippen molar-refractivity contribution in [3.63, 3.8) is 0 Å². The molecule has 0 saturated heterocycles. The SMILES string of the molecule is COC(=O)[C@@H](CSC(c1ccccc1)(c1ccccc1)c1ccccc1)NC(=O)[C@H](CSC(c1ccccc1)(c1ccccc1)c1cccs1)NC(=O)OC(C)(C)C. The molecule has 58 heavy (non-hydrogen) atoms. The maximum absolute atomic E-state index is 14.7. The van der Waals surface area contributed by atoms with Gasteiger partial charge in [0.05, 0.1) is 16.6 Å². The minimum absolute atomic E-state index is 0.135. The summed E-state index contributed by atoms with van der Waals surface area (Å²) in [5.74, 6) is -0.860. The minimum Gasteiger partial charge on any atom is -0.467 e. The monoisotopic (exact) mass is 828 g/mol. The second-order valence-electron chi connectivity index (χ2n) is 14.6. The number of hydrogen-bond acceptors (Lipinski definition) is 8. The van der Waals surface area contributed by atoms with Gasteiger partial charge in [-0.1, -0.05) is 158 Å². The molecule has 0 aliphatic heterocycles. The smallest absolute Gasteiger partial charge is 0.408 e. The Balaban J connectivity index is 1.36. The predicted molar refractivity (Wildman–Crippen MR) is 238 cm³/mol. The first-order chi connectivity index (χ1) is 28.1. The maximum Gasteiger partial charge on any atom is 0.408 e. The van der Waals surface area contributed by atoms with Crippen LogP contribution in [0.3, 0.4) is 0 Å². The number of ether oxygens (including phenoxy) is 2. The second-order valence-corrected chi connectivity index (χ2v) is 18.0. The normalized spacial score (nSPS) is 12.8. The van der Waals surface area contributed by atoms with E-state index in [0.717, 1.165) is 32.7 Å². The summed E-state index contributed by atoms with van der Waals surface area (Å²) in [6.45, 7) is 5.31. The Kier molecular flexibility index (Phi) is 14.2. The summed E-state index contributed by atoms with van der Waals surface area (Å²) in [6.07, 6.45) is -0.741. The fourth-order valence-corrected chi connectivity index (χ4v) is 11.1. The number of thioether (sulfide) groups is 2. The van der Waals surface area contributed by atoms with Crippen molar-refractivity contribution in [2.24, 2.45) is 0 Å². The molecule has 1 aromatic heterocycles. The van der Waals surface area contributed by atoms with Crippen LogP contribution in [0, 0.1) is 0 Å². The van der Waals surface area contributed by atoms with Crippen molar-refractivity contribution in [1.82, 2.24) is 10.6 Å². The van der Waals surface area contributed by atoms with Crippen LogP contribution in [-0.4, -0.2) is 54.3 Å². The summed E-state index contributed by atoms with van der Waals surface area (Å²) in [5.41, 5.74) is 4.27. The number of hydrogen-bond donors (Lipinski definition) is 2.